The van der Waals surface area contributed by atoms with Crippen LogP contribution in [0.5, 0.6) is 0 Å². The molecule has 0 aliphatic rings. The summed E-state index contributed by atoms with van der Waals surface area (Å²) in [6.07, 6.45) is 2.94. The maximum Gasteiger partial charge on any atom is 0.259 e. The summed E-state index contributed by atoms with van der Waals surface area (Å²) in [4.78, 5) is 19.6. The largest absolute Gasteiger partial charge is 0.298 e. The van der Waals surface area contributed by atoms with E-state index < -0.39 is 15.9 Å². The van der Waals surface area contributed by atoms with Crippen LogP contribution in [0.2, 0.25) is 0 Å². The molecular formula is C10H10N4O3S2. The maximum atomic E-state index is 11.8. The molecule has 0 atom stereocenters. The van der Waals surface area contributed by atoms with Crippen LogP contribution in [0.4, 0.5) is 5.13 Å². The second-order valence-electron chi connectivity index (χ2n) is 3.63. The quantitative estimate of drug-likeness (QED) is 0.867. The molecule has 19 heavy (non-hydrogen) atoms. The van der Waals surface area contributed by atoms with Crippen molar-refractivity contribution in [3.63, 3.8) is 0 Å². The van der Waals surface area contributed by atoms with Gasteiger partial charge in [-0.2, -0.15) is 0 Å². The molecule has 2 aromatic rings. The summed E-state index contributed by atoms with van der Waals surface area (Å²) in [6, 6.07) is 3.21. The van der Waals surface area contributed by atoms with Crippen LogP contribution in [0.25, 0.3) is 0 Å². The normalized spacial score (nSPS) is 11.3. The number of carbonyl (C=O) groups excluding carboxylic acids is 1. The number of hydrogen-bond donors (Lipinski definition) is 2. The number of sulfonamides is 1. The molecule has 2 aromatic heterocycles. The monoisotopic (exact) mass is 298 g/mol. The van der Waals surface area contributed by atoms with Crippen LogP contribution in [-0.4, -0.2) is 24.3 Å². The van der Waals surface area contributed by atoms with Crippen molar-refractivity contribution in [2.75, 3.05) is 5.32 Å². The number of hydrogen-bond acceptors (Lipinski definition) is 6. The summed E-state index contributed by atoms with van der Waals surface area (Å²) < 4.78 is 22.4. The van der Waals surface area contributed by atoms with Gasteiger partial charge in [0.25, 0.3) is 5.91 Å². The Labute approximate surface area is 113 Å². The zero-order valence-electron chi connectivity index (χ0n) is 9.82. The molecule has 9 heteroatoms. The Morgan fingerprint density at radius 2 is 2.21 bits per heavy atom. The topological polar surface area (TPSA) is 115 Å². The van der Waals surface area contributed by atoms with E-state index in [0.717, 1.165) is 11.3 Å². The van der Waals surface area contributed by atoms with E-state index in [9.17, 15) is 13.2 Å². The minimum atomic E-state index is -3.82. The van der Waals surface area contributed by atoms with Crippen LogP contribution in [0, 0.1) is 6.92 Å². The number of thiazole rings is 1. The van der Waals surface area contributed by atoms with Gasteiger partial charge in [-0.25, -0.2) is 18.5 Å². The van der Waals surface area contributed by atoms with E-state index in [0.29, 0.717) is 5.56 Å². The van der Waals surface area contributed by atoms with E-state index in [4.69, 9.17) is 5.14 Å². The molecular weight excluding hydrogens is 288 g/mol. The number of amides is 1. The molecule has 7 nitrogen and oxygen atoms in total. The van der Waals surface area contributed by atoms with Crippen molar-refractivity contribution in [3.8, 4) is 0 Å². The Morgan fingerprint density at radius 3 is 2.74 bits per heavy atom. The molecule has 2 rings (SSSR count). The van der Waals surface area contributed by atoms with Gasteiger partial charge in [0.15, 0.2) is 9.34 Å². The van der Waals surface area contributed by atoms with E-state index in [2.05, 4.69) is 15.3 Å². The number of nitrogens with one attached hydrogen (secondary N) is 1. The molecule has 0 radical (unpaired) electrons. The van der Waals surface area contributed by atoms with Crippen LogP contribution >= 0.6 is 11.3 Å². The Morgan fingerprint density at radius 1 is 1.47 bits per heavy atom. The first kappa shape index (κ1) is 13.6. The molecule has 100 valence electrons. The highest BCUT2D eigenvalue weighted by molar-refractivity contribution is 7.91. The van der Waals surface area contributed by atoms with Crippen molar-refractivity contribution >= 4 is 32.4 Å². The summed E-state index contributed by atoms with van der Waals surface area (Å²) in [5, 5.41) is 7.71. The van der Waals surface area contributed by atoms with E-state index in [-0.39, 0.29) is 15.0 Å². The van der Waals surface area contributed by atoms with Crippen molar-refractivity contribution in [2.45, 2.75) is 11.1 Å². The number of nitrogens with zero attached hydrogens (tertiary/aromatic N) is 2. The fraction of sp³-hybridized carbons (Fsp3) is 0.100. The molecule has 0 aromatic carbocycles. The highest BCUT2D eigenvalue weighted by Crippen LogP contribution is 2.26. The molecule has 3 N–H and O–H groups in total. The molecule has 0 aliphatic heterocycles. The summed E-state index contributed by atoms with van der Waals surface area (Å²) in [5.74, 6) is -0.414. The van der Waals surface area contributed by atoms with Gasteiger partial charge >= 0.3 is 0 Å². The molecule has 0 saturated heterocycles. The lowest BCUT2D eigenvalue weighted by molar-refractivity contribution is 0.102. The zero-order chi connectivity index (χ0) is 14.0. The Hall–Kier alpha value is -1.84. The van der Waals surface area contributed by atoms with Gasteiger partial charge in [0.2, 0.25) is 10.0 Å². The van der Waals surface area contributed by atoms with Gasteiger partial charge in [0.1, 0.15) is 0 Å². The molecule has 0 unspecified atom stereocenters. The van der Waals surface area contributed by atoms with Crippen LogP contribution in [-0.2, 0) is 10.0 Å². The highest BCUT2D eigenvalue weighted by atomic mass is 32.2. The van der Waals surface area contributed by atoms with Crippen LogP contribution < -0.4 is 10.5 Å². The number of carbonyl (C=O) groups is 1. The van der Waals surface area contributed by atoms with E-state index in [1.165, 1.54) is 13.1 Å². The number of aromatic nitrogens is 2. The number of anilines is 1. The third kappa shape index (κ3) is 3.13. The van der Waals surface area contributed by atoms with E-state index >= 15 is 0 Å². The van der Waals surface area contributed by atoms with Gasteiger partial charge in [-0.1, -0.05) is 11.3 Å². The third-order valence-electron chi connectivity index (χ3n) is 2.16. The SMILES string of the molecule is Cc1nc(NC(=O)c2cccnc2)sc1S(N)(=O)=O. The molecule has 0 bridgehead atoms. The van der Waals surface area contributed by atoms with Gasteiger partial charge in [-0.15, -0.1) is 0 Å². The highest BCUT2D eigenvalue weighted by Gasteiger charge is 2.19. The number of primary sulfonamides is 1. The van der Waals surface area contributed by atoms with Crippen LogP contribution in [0.15, 0.2) is 28.7 Å². The third-order valence-corrected chi connectivity index (χ3v) is 4.78. The predicted octanol–water partition coefficient (Wildman–Crippen LogP) is 0.746. The van der Waals surface area contributed by atoms with Crippen molar-refractivity contribution in [2.24, 2.45) is 5.14 Å². The summed E-state index contributed by atoms with van der Waals surface area (Å²) in [6.45, 7) is 1.51. The first-order valence-electron chi connectivity index (χ1n) is 5.09. The lowest BCUT2D eigenvalue weighted by atomic mass is 10.3. The van der Waals surface area contributed by atoms with Gasteiger partial charge in [0, 0.05) is 12.4 Å². The van der Waals surface area contributed by atoms with Gasteiger partial charge in [-0.05, 0) is 19.1 Å². The van der Waals surface area contributed by atoms with Crippen molar-refractivity contribution < 1.29 is 13.2 Å². The molecule has 1 amide bonds. The first-order valence-corrected chi connectivity index (χ1v) is 7.46. The average Bonchev–Trinajstić information content (AvgIpc) is 2.71. The predicted molar refractivity (Wildman–Crippen MR) is 70.4 cm³/mol. The van der Waals surface area contributed by atoms with Gasteiger partial charge < -0.3 is 0 Å². The standard InChI is InChI=1S/C10H10N4O3S2/c1-6-9(19(11,16)17)18-10(13-6)14-8(15)7-3-2-4-12-5-7/h2-5H,1H3,(H2,11,16,17)(H,13,14,15). The fourth-order valence-corrected chi connectivity index (χ4v) is 3.22. The molecule has 0 fully saturated rings. The van der Waals surface area contributed by atoms with E-state index in [1.54, 1.807) is 18.3 Å². The summed E-state index contributed by atoms with van der Waals surface area (Å²) >= 11 is 0.813. The number of pyridine rings is 1. The van der Waals surface area contributed by atoms with Crippen molar-refractivity contribution in [1.29, 1.82) is 0 Å². The Kier molecular flexibility index (Phi) is 3.60. The number of rotatable bonds is 3. The van der Waals surface area contributed by atoms with Gasteiger partial charge in [0.05, 0.1) is 11.3 Å². The van der Waals surface area contributed by atoms with E-state index in [1.807, 2.05) is 0 Å². The van der Waals surface area contributed by atoms with Gasteiger partial charge in [-0.3, -0.25) is 15.1 Å². The van der Waals surface area contributed by atoms with Crippen molar-refractivity contribution in [3.05, 3.63) is 35.8 Å². The second-order valence-corrected chi connectivity index (χ2v) is 6.39. The maximum absolute atomic E-state index is 11.8. The lowest BCUT2D eigenvalue weighted by Crippen LogP contribution is -2.11. The Balaban J connectivity index is 2.24. The molecule has 0 aliphatic carbocycles. The minimum Gasteiger partial charge on any atom is -0.298 e. The molecule has 0 spiro atoms. The van der Waals surface area contributed by atoms with Crippen LogP contribution in [0.3, 0.4) is 0 Å². The summed E-state index contributed by atoms with van der Waals surface area (Å²) in [7, 11) is -3.82. The number of nitrogens with two attached hydrogens (primary N) is 1. The minimum absolute atomic E-state index is 0.0611. The fourth-order valence-electron chi connectivity index (χ4n) is 1.37. The smallest absolute Gasteiger partial charge is 0.259 e. The lowest BCUT2D eigenvalue weighted by Gasteiger charge is -1.99. The summed E-state index contributed by atoms with van der Waals surface area (Å²) in [5.41, 5.74) is 0.612. The van der Waals surface area contributed by atoms with Crippen molar-refractivity contribution in [1.82, 2.24) is 9.97 Å². The van der Waals surface area contributed by atoms with Crippen LogP contribution in [0.1, 0.15) is 16.1 Å². The molecule has 0 saturated carbocycles. The average molecular weight is 298 g/mol. The zero-order valence-corrected chi connectivity index (χ0v) is 11.5. The second kappa shape index (κ2) is 5.03. The Bertz CT molecular complexity index is 710. The molecule has 2 heterocycles. The number of aryl methyl sites for hydroxylation is 1. The first-order chi connectivity index (χ1) is 8.88.